The third kappa shape index (κ3) is 2.64. The van der Waals surface area contributed by atoms with Crippen molar-refractivity contribution in [2.75, 3.05) is 13.1 Å². The number of hydrogen-bond donors (Lipinski definition) is 0. The predicted molar refractivity (Wildman–Crippen MR) is 77.3 cm³/mol. The van der Waals surface area contributed by atoms with Crippen LogP contribution >= 0.6 is 11.6 Å². The molecule has 3 heteroatoms. The lowest BCUT2D eigenvalue weighted by Gasteiger charge is -2.34. The summed E-state index contributed by atoms with van der Waals surface area (Å²) in [5, 5.41) is 0.117. The fraction of sp³-hybridized carbons (Fsp3) is 0.562. The number of halogens is 1. The molecule has 1 aliphatic heterocycles. The average molecular weight is 278 g/mol. The van der Waals surface area contributed by atoms with Crippen molar-refractivity contribution in [3.8, 4) is 0 Å². The summed E-state index contributed by atoms with van der Waals surface area (Å²) in [6.45, 7) is 3.77. The van der Waals surface area contributed by atoms with Gasteiger partial charge in [0.05, 0.1) is 5.38 Å². The second-order valence-electron chi connectivity index (χ2n) is 5.93. The van der Waals surface area contributed by atoms with Gasteiger partial charge in [0.15, 0.2) is 0 Å². The van der Waals surface area contributed by atoms with Crippen LogP contribution in [0.4, 0.5) is 0 Å². The highest BCUT2D eigenvalue weighted by Gasteiger charge is 2.46. The molecule has 1 amide bonds. The topological polar surface area (TPSA) is 20.3 Å². The smallest absolute Gasteiger partial charge is 0.226 e. The van der Waals surface area contributed by atoms with Crippen LogP contribution in [-0.4, -0.2) is 29.3 Å². The van der Waals surface area contributed by atoms with Crippen LogP contribution in [0.5, 0.6) is 0 Å². The van der Waals surface area contributed by atoms with Crippen molar-refractivity contribution in [2.45, 2.75) is 31.1 Å². The molecule has 2 fully saturated rings. The molecule has 1 heterocycles. The van der Waals surface area contributed by atoms with E-state index in [-0.39, 0.29) is 11.3 Å². The maximum Gasteiger partial charge on any atom is 0.226 e. The van der Waals surface area contributed by atoms with Crippen molar-refractivity contribution in [3.05, 3.63) is 35.9 Å². The van der Waals surface area contributed by atoms with Crippen LogP contribution in [0.25, 0.3) is 0 Å². The van der Waals surface area contributed by atoms with Crippen molar-refractivity contribution in [1.29, 1.82) is 0 Å². The summed E-state index contributed by atoms with van der Waals surface area (Å²) >= 11 is 6.29. The summed E-state index contributed by atoms with van der Waals surface area (Å²) in [7, 11) is 0. The van der Waals surface area contributed by atoms with Gasteiger partial charge in [-0.05, 0) is 30.2 Å². The summed E-state index contributed by atoms with van der Waals surface area (Å²) in [6, 6.07) is 10.4. The number of piperidine rings is 1. The summed E-state index contributed by atoms with van der Waals surface area (Å²) < 4.78 is 0. The third-order valence-corrected chi connectivity index (χ3v) is 5.08. The fourth-order valence-corrected chi connectivity index (χ4v) is 3.29. The van der Waals surface area contributed by atoms with Gasteiger partial charge in [-0.25, -0.2) is 0 Å². The van der Waals surface area contributed by atoms with Gasteiger partial charge in [0.25, 0.3) is 0 Å². The van der Waals surface area contributed by atoms with Gasteiger partial charge < -0.3 is 4.90 Å². The number of likely N-dealkylation sites (tertiary alicyclic amines) is 1. The van der Waals surface area contributed by atoms with Crippen LogP contribution in [0.2, 0.25) is 0 Å². The summed E-state index contributed by atoms with van der Waals surface area (Å²) in [4.78, 5) is 14.4. The zero-order valence-corrected chi connectivity index (χ0v) is 12.0. The van der Waals surface area contributed by atoms with E-state index in [0.29, 0.717) is 17.7 Å². The Bertz CT molecular complexity index is 461. The zero-order valence-electron chi connectivity index (χ0n) is 11.3. The monoisotopic (exact) mass is 277 g/mol. The van der Waals surface area contributed by atoms with E-state index in [1.165, 1.54) is 5.56 Å². The van der Waals surface area contributed by atoms with Gasteiger partial charge in [-0.3, -0.25) is 4.79 Å². The molecule has 2 nitrogen and oxygen atoms in total. The first kappa shape index (κ1) is 13.0. The highest BCUT2D eigenvalue weighted by atomic mass is 35.5. The van der Waals surface area contributed by atoms with E-state index < -0.39 is 0 Å². The highest BCUT2D eigenvalue weighted by Crippen LogP contribution is 2.48. The van der Waals surface area contributed by atoms with Crippen LogP contribution in [-0.2, 0) is 4.79 Å². The minimum absolute atomic E-state index is 0.117. The molecule has 102 valence electrons. The second-order valence-corrected chi connectivity index (χ2v) is 6.49. The molecule has 0 spiro atoms. The van der Waals surface area contributed by atoms with Gasteiger partial charge >= 0.3 is 0 Å². The first-order valence-corrected chi connectivity index (χ1v) is 7.58. The summed E-state index contributed by atoms with van der Waals surface area (Å²) in [5.74, 6) is 1.46. The van der Waals surface area contributed by atoms with Crippen molar-refractivity contribution >= 4 is 17.5 Å². The molecule has 0 N–H and O–H groups in total. The average Bonchev–Trinajstić information content (AvgIpc) is 3.22. The molecule has 0 radical (unpaired) electrons. The number of nitrogens with zero attached hydrogens (tertiary/aromatic N) is 1. The van der Waals surface area contributed by atoms with E-state index in [9.17, 15) is 4.79 Å². The largest absolute Gasteiger partial charge is 0.341 e. The van der Waals surface area contributed by atoms with Crippen molar-refractivity contribution < 1.29 is 4.79 Å². The van der Waals surface area contributed by atoms with Gasteiger partial charge in [0, 0.05) is 19.0 Å². The summed E-state index contributed by atoms with van der Waals surface area (Å²) in [6.07, 6.45) is 2.03. The molecule has 1 aromatic rings. The number of rotatable bonds is 2. The molecule has 3 rings (SSSR count). The number of hydrogen-bond acceptors (Lipinski definition) is 1. The lowest BCUT2D eigenvalue weighted by atomic mass is 9.98. The first-order valence-electron chi connectivity index (χ1n) is 7.14. The van der Waals surface area contributed by atoms with E-state index in [1.54, 1.807) is 0 Å². The predicted octanol–water partition coefficient (Wildman–Crippen LogP) is 3.27. The van der Waals surface area contributed by atoms with Crippen LogP contribution in [0.1, 0.15) is 31.2 Å². The Balaban J connectivity index is 1.61. The minimum Gasteiger partial charge on any atom is -0.341 e. The molecule has 1 aliphatic carbocycles. The lowest BCUT2D eigenvalue weighted by Crippen LogP contribution is -2.44. The lowest BCUT2D eigenvalue weighted by molar-refractivity contribution is -0.133. The maximum absolute atomic E-state index is 12.5. The molecule has 0 bridgehead atoms. The molecule has 4 unspecified atom stereocenters. The Labute approximate surface area is 119 Å². The molecular weight excluding hydrogens is 258 g/mol. The Morgan fingerprint density at radius 2 is 2.05 bits per heavy atom. The van der Waals surface area contributed by atoms with Crippen LogP contribution < -0.4 is 0 Å². The maximum atomic E-state index is 12.5. The van der Waals surface area contributed by atoms with E-state index in [2.05, 4.69) is 19.1 Å². The number of amides is 1. The van der Waals surface area contributed by atoms with Crippen molar-refractivity contribution in [2.24, 2.45) is 11.8 Å². The number of benzene rings is 1. The Hall–Kier alpha value is -1.02. The van der Waals surface area contributed by atoms with Gasteiger partial charge in [-0.1, -0.05) is 37.3 Å². The first-order chi connectivity index (χ1) is 9.16. The van der Waals surface area contributed by atoms with E-state index >= 15 is 0 Å². The van der Waals surface area contributed by atoms with E-state index in [4.69, 9.17) is 11.6 Å². The molecule has 1 saturated heterocycles. The van der Waals surface area contributed by atoms with Crippen LogP contribution in [0.15, 0.2) is 30.3 Å². The Kier molecular flexibility index (Phi) is 3.53. The third-order valence-electron chi connectivity index (χ3n) is 4.51. The molecule has 1 aromatic carbocycles. The highest BCUT2D eigenvalue weighted by molar-refractivity contribution is 6.21. The van der Waals surface area contributed by atoms with Crippen molar-refractivity contribution in [3.63, 3.8) is 0 Å². The van der Waals surface area contributed by atoms with Crippen molar-refractivity contribution in [1.82, 2.24) is 4.90 Å². The van der Waals surface area contributed by atoms with Crippen LogP contribution in [0, 0.1) is 11.8 Å². The standard InChI is InChI=1S/C16H20ClNO/c1-11-7-8-18(10-15(11)17)16(19)14-9-13(14)12-5-3-2-4-6-12/h2-6,11,13-15H,7-10H2,1H3. The van der Waals surface area contributed by atoms with Crippen LogP contribution in [0.3, 0.4) is 0 Å². The van der Waals surface area contributed by atoms with Gasteiger partial charge in [0.2, 0.25) is 5.91 Å². The quantitative estimate of drug-likeness (QED) is 0.760. The summed E-state index contributed by atoms with van der Waals surface area (Å²) in [5.41, 5.74) is 1.30. The minimum atomic E-state index is 0.117. The fourth-order valence-electron chi connectivity index (χ4n) is 2.99. The molecule has 4 atom stereocenters. The molecule has 0 aromatic heterocycles. The van der Waals surface area contributed by atoms with Gasteiger partial charge in [-0.15, -0.1) is 11.6 Å². The Morgan fingerprint density at radius 1 is 1.32 bits per heavy atom. The SMILES string of the molecule is CC1CCN(C(=O)C2CC2c2ccccc2)CC1Cl. The molecule has 19 heavy (non-hydrogen) atoms. The number of alkyl halides is 1. The number of carbonyl (C=O) groups excluding carboxylic acids is 1. The van der Waals surface area contributed by atoms with Gasteiger partial charge in [0.1, 0.15) is 0 Å². The normalized spacial score (nSPS) is 34.1. The molecule has 1 saturated carbocycles. The molecule has 2 aliphatic rings. The zero-order chi connectivity index (χ0) is 13.4. The molecular formula is C16H20ClNO. The van der Waals surface area contributed by atoms with Gasteiger partial charge in [-0.2, -0.15) is 0 Å². The Morgan fingerprint density at radius 3 is 2.74 bits per heavy atom. The second kappa shape index (κ2) is 5.16. The van der Waals surface area contributed by atoms with E-state index in [0.717, 1.165) is 25.9 Å². The number of carbonyl (C=O) groups is 1. The van der Waals surface area contributed by atoms with E-state index in [1.807, 2.05) is 23.1 Å².